The summed E-state index contributed by atoms with van der Waals surface area (Å²) in [6.45, 7) is 0.604. The number of rotatable bonds is 4. The minimum Gasteiger partial charge on any atom is -0.397 e. The number of amides is 1. The van der Waals surface area contributed by atoms with E-state index in [0.29, 0.717) is 17.8 Å². The fourth-order valence-corrected chi connectivity index (χ4v) is 1.85. The number of hydrogen-bond acceptors (Lipinski definition) is 4. The SMILES string of the molecule is CN(Cc1ccccn1)c1cc(C(N)=O)ccc1N. The first kappa shape index (κ1) is 12.9. The van der Waals surface area contributed by atoms with Gasteiger partial charge in [0.15, 0.2) is 0 Å². The molecule has 0 bridgehead atoms. The zero-order valence-corrected chi connectivity index (χ0v) is 10.7. The Hall–Kier alpha value is -2.56. The molecule has 5 heteroatoms. The van der Waals surface area contributed by atoms with E-state index in [1.807, 2.05) is 30.1 Å². The van der Waals surface area contributed by atoms with Crippen molar-refractivity contribution in [1.29, 1.82) is 0 Å². The van der Waals surface area contributed by atoms with Gasteiger partial charge in [-0.2, -0.15) is 0 Å². The monoisotopic (exact) mass is 256 g/mol. The fraction of sp³-hybridized carbons (Fsp3) is 0.143. The molecule has 0 fully saturated rings. The Morgan fingerprint density at radius 2 is 2.11 bits per heavy atom. The van der Waals surface area contributed by atoms with Gasteiger partial charge in [-0.15, -0.1) is 0 Å². The van der Waals surface area contributed by atoms with Gasteiger partial charge in [0, 0.05) is 18.8 Å². The Kier molecular flexibility index (Phi) is 3.66. The molecule has 1 amide bonds. The van der Waals surface area contributed by atoms with Crippen LogP contribution >= 0.6 is 0 Å². The van der Waals surface area contributed by atoms with Crippen molar-refractivity contribution in [2.45, 2.75) is 6.54 Å². The summed E-state index contributed by atoms with van der Waals surface area (Å²) < 4.78 is 0. The standard InChI is InChI=1S/C14H16N4O/c1-18(9-11-4-2-3-7-17-11)13-8-10(14(16)19)5-6-12(13)15/h2-8H,9,15H2,1H3,(H2,16,19). The number of carbonyl (C=O) groups is 1. The molecule has 1 heterocycles. The van der Waals surface area contributed by atoms with Gasteiger partial charge in [0.2, 0.25) is 5.91 Å². The molecule has 0 radical (unpaired) electrons. The van der Waals surface area contributed by atoms with E-state index in [4.69, 9.17) is 11.5 Å². The van der Waals surface area contributed by atoms with Gasteiger partial charge in [0.05, 0.1) is 23.6 Å². The van der Waals surface area contributed by atoms with Crippen LogP contribution in [0.25, 0.3) is 0 Å². The summed E-state index contributed by atoms with van der Waals surface area (Å²) in [5.74, 6) is -0.465. The van der Waals surface area contributed by atoms with Crippen LogP contribution in [0.1, 0.15) is 16.1 Å². The lowest BCUT2D eigenvalue weighted by Gasteiger charge is -2.21. The molecule has 4 N–H and O–H groups in total. The maximum atomic E-state index is 11.2. The van der Waals surface area contributed by atoms with E-state index in [-0.39, 0.29) is 0 Å². The van der Waals surface area contributed by atoms with Crippen molar-refractivity contribution >= 4 is 17.3 Å². The Morgan fingerprint density at radius 1 is 1.32 bits per heavy atom. The Bertz CT molecular complexity index is 583. The van der Waals surface area contributed by atoms with Crippen molar-refractivity contribution in [3.63, 3.8) is 0 Å². The summed E-state index contributed by atoms with van der Waals surface area (Å²) in [5.41, 5.74) is 13.9. The van der Waals surface area contributed by atoms with Gasteiger partial charge in [-0.3, -0.25) is 9.78 Å². The van der Waals surface area contributed by atoms with E-state index in [1.165, 1.54) is 0 Å². The summed E-state index contributed by atoms with van der Waals surface area (Å²) in [6.07, 6.45) is 1.74. The Balaban J connectivity index is 2.25. The van der Waals surface area contributed by atoms with Crippen LogP contribution in [0.4, 0.5) is 11.4 Å². The molecule has 5 nitrogen and oxygen atoms in total. The lowest BCUT2D eigenvalue weighted by atomic mass is 10.1. The van der Waals surface area contributed by atoms with Gasteiger partial charge >= 0.3 is 0 Å². The molecule has 1 aromatic carbocycles. The van der Waals surface area contributed by atoms with E-state index in [1.54, 1.807) is 24.4 Å². The molecule has 1 aromatic heterocycles. The minimum absolute atomic E-state index is 0.442. The van der Waals surface area contributed by atoms with Crippen LogP contribution in [0.5, 0.6) is 0 Å². The number of nitrogens with two attached hydrogens (primary N) is 2. The second kappa shape index (κ2) is 5.39. The number of hydrogen-bond donors (Lipinski definition) is 2. The van der Waals surface area contributed by atoms with Crippen LogP contribution in [-0.4, -0.2) is 17.9 Å². The summed E-state index contributed by atoms with van der Waals surface area (Å²) in [7, 11) is 1.89. The molecule has 0 aliphatic rings. The second-order valence-electron chi connectivity index (χ2n) is 4.31. The summed E-state index contributed by atoms with van der Waals surface area (Å²) in [5, 5.41) is 0. The number of carbonyl (C=O) groups excluding carboxylic acids is 1. The molecule has 0 saturated carbocycles. The Morgan fingerprint density at radius 3 is 2.74 bits per heavy atom. The van der Waals surface area contributed by atoms with Crippen LogP contribution < -0.4 is 16.4 Å². The minimum atomic E-state index is -0.465. The highest BCUT2D eigenvalue weighted by molar-refractivity contribution is 5.95. The van der Waals surface area contributed by atoms with Crippen LogP contribution in [0.3, 0.4) is 0 Å². The predicted octanol–water partition coefficient (Wildman–Crippen LogP) is 1.40. The third kappa shape index (κ3) is 3.01. The van der Waals surface area contributed by atoms with Crippen molar-refractivity contribution in [2.24, 2.45) is 5.73 Å². The lowest BCUT2D eigenvalue weighted by molar-refractivity contribution is 0.100. The molecule has 2 rings (SSSR count). The first-order valence-electron chi connectivity index (χ1n) is 5.88. The highest BCUT2D eigenvalue weighted by atomic mass is 16.1. The maximum Gasteiger partial charge on any atom is 0.248 e. The molecule has 0 aliphatic heterocycles. The largest absolute Gasteiger partial charge is 0.397 e. The normalized spacial score (nSPS) is 10.2. The van der Waals surface area contributed by atoms with Gasteiger partial charge in [-0.25, -0.2) is 0 Å². The van der Waals surface area contributed by atoms with Crippen molar-refractivity contribution in [3.05, 3.63) is 53.9 Å². The van der Waals surface area contributed by atoms with Gasteiger partial charge in [0.1, 0.15) is 0 Å². The number of aromatic nitrogens is 1. The number of nitrogen functional groups attached to an aromatic ring is 1. The van der Waals surface area contributed by atoms with E-state index in [0.717, 1.165) is 11.4 Å². The number of nitrogens with zero attached hydrogens (tertiary/aromatic N) is 2. The van der Waals surface area contributed by atoms with Gasteiger partial charge in [-0.1, -0.05) is 6.07 Å². The molecule has 19 heavy (non-hydrogen) atoms. The van der Waals surface area contributed by atoms with Crippen LogP contribution in [0.2, 0.25) is 0 Å². The maximum absolute atomic E-state index is 11.2. The molecule has 0 aliphatic carbocycles. The lowest BCUT2D eigenvalue weighted by Crippen LogP contribution is -2.20. The van der Waals surface area contributed by atoms with Crippen LogP contribution in [0.15, 0.2) is 42.6 Å². The fourth-order valence-electron chi connectivity index (χ4n) is 1.85. The van der Waals surface area contributed by atoms with E-state index >= 15 is 0 Å². The summed E-state index contributed by atoms with van der Waals surface area (Å²) in [6, 6.07) is 10.7. The molecule has 98 valence electrons. The van der Waals surface area contributed by atoms with E-state index < -0.39 is 5.91 Å². The van der Waals surface area contributed by atoms with Crippen molar-refractivity contribution in [3.8, 4) is 0 Å². The number of anilines is 2. The molecular formula is C14H16N4O. The Labute approximate surface area is 111 Å². The highest BCUT2D eigenvalue weighted by Gasteiger charge is 2.10. The van der Waals surface area contributed by atoms with Gasteiger partial charge in [-0.05, 0) is 30.3 Å². The predicted molar refractivity (Wildman–Crippen MR) is 75.7 cm³/mol. The molecule has 0 atom stereocenters. The molecule has 0 saturated heterocycles. The topological polar surface area (TPSA) is 85.2 Å². The first-order valence-corrected chi connectivity index (χ1v) is 5.88. The molecular weight excluding hydrogens is 240 g/mol. The highest BCUT2D eigenvalue weighted by Crippen LogP contribution is 2.24. The zero-order valence-electron chi connectivity index (χ0n) is 10.7. The number of primary amides is 1. The summed E-state index contributed by atoms with van der Waals surface area (Å²) >= 11 is 0. The quantitative estimate of drug-likeness (QED) is 0.810. The smallest absolute Gasteiger partial charge is 0.248 e. The molecule has 0 spiro atoms. The van der Waals surface area contributed by atoms with Crippen molar-refractivity contribution in [1.82, 2.24) is 4.98 Å². The van der Waals surface area contributed by atoms with Gasteiger partial charge < -0.3 is 16.4 Å². The number of pyridine rings is 1. The third-order valence-electron chi connectivity index (χ3n) is 2.85. The molecule has 2 aromatic rings. The van der Waals surface area contributed by atoms with Crippen molar-refractivity contribution < 1.29 is 4.79 Å². The average Bonchev–Trinajstić information content (AvgIpc) is 2.40. The zero-order chi connectivity index (χ0) is 13.8. The van der Waals surface area contributed by atoms with E-state index in [2.05, 4.69) is 4.98 Å². The first-order chi connectivity index (χ1) is 9.08. The van der Waals surface area contributed by atoms with E-state index in [9.17, 15) is 4.79 Å². The van der Waals surface area contributed by atoms with Crippen LogP contribution in [0, 0.1) is 0 Å². The number of benzene rings is 1. The average molecular weight is 256 g/mol. The molecule has 0 unspecified atom stereocenters. The van der Waals surface area contributed by atoms with Gasteiger partial charge in [0.25, 0.3) is 0 Å². The van der Waals surface area contributed by atoms with Crippen LogP contribution in [-0.2, 0) is 6.54 Å². The summed E-state index contributed by atoms with van der Waals surface area (Å²) in [4.78, 5) is 17.4. The third-order valence-corrected chi connectivity index (χ3v) is 2.85. The van der Waals surface area contributed by atoms with Crippen molar-refractivity contribution in [2.75, 3.05) is 17.7 Å². The second-order valence-corrected chi connectivity index (χ2v) is 4.31.